The van der Waals surface area contributed by atoms with Crippen LogP contribution in [0.2, 0.25) is 0 Å². The zero-order valence-corrected chi connectivity index (χ0v) is 10.2. The van der Waals surface area contributed by atoms with Gasteiger partial charge in [-0.2, -0.15) is 0 Å². The zero-order chi connectivity index (χ0) is 12.0. The molecule has 1 aromatic carbocycles. The van der Waals surface area contributed by atoms with E-state index in [1.165, 1.54) is 0 Å². The lowest BCUT2D eigenvalue weighted by Gasteiger charge is -2.25. The van der Waals surface area contributed by atoms with E-state index >= 15 is 0 Å². The summed E-state index contributed by atoms with van der Waals surface area (Å²) in [5.41, 5.74) is 1.16. The molecule has 0 unspecified atom stereocenters. The van der Waals surface area contributed by atoms with E-state index in [-0.39, 0.29) is 11.9 Å². The SMILES string of the molecule is CC=CC(=O)N(Cc1ccccc1)C(C)C. The highest BCUT2D eigenvalue weighted by atomic mass is 16.2. The van der Waals surface area contributed by atoms with Crippen molar-refractivity contribution in [2.75, 3.05) is 0 Å². The van der Waals surface area contributed by atoms with Crippen molar-refractivity contribution in [3.8, 4) is 0 Å². The van der Waals surface area contributed by atoms with Crippen molar-refractivity contribution in [1.29, 1.82) is 0 Å². The molecule has 86 valence electrons. The Hall–Kier alpha value is -1.57. The summed E-state index contributed by atoms with van der Waals surface area (Å²) >= 11 is 0. The minimum atomic E-state index is 0.0707. The predicted octanol–water partition coefficient (Wildman–Crippen LogP) is 3.00. The molecule has 0 fully saturated rings. The molecule has 0 heterocycles. The van der Waals surface area contributed by atoms with Crippen LogP contribution in [-0.4, -0.2) is 16.8 Å². The van der Waals surface area contributed by atoms with Crippen molar-refractivity contribution < 1.29 is 4.79 Å². The van der Waals surface area contributed by atoms with Gasteiger partial charge in [0.05, 0.1) is 0 Å². The summed E-state index contributed by atoms with van der Waals surface area (Å²) in [7, 11) is 0. The van der Waals surface area contributed by atoms with Gasteiger partial charge in [-0.3, -0.25) is 4.79 Å². The number of rotatable bonds is 4. The summed E-state index contributed by atoms with van der Waals surface area (Å²) in [6.45, 7) is 6.59. The van der Waals surface area contributed by atoms with Gasteiger partial charge in [0.25, 0.3) is 0 Å². The molecule has 0 atom stereocenters. The molecule has 0 aliphatic heterocycles. The van der Waals surface area contributed by atoms with Gasteiger partial charge >= 0.3 is 0 Å². The molecule has 0 bridgehead atoms. The third-order valence-corrected chi connectivity index (χ3v) is 2.41. The van der Waals surface area contributed by atoms with Crippen LogP contribution in [-0.2, 0) is 11.3 Å². The highest BCUT2D eigenvalue weighted by molar-refractivity contribution is 5.87. The molecule has 0 N–H and O–H groups in total. The molecular formula is C14H19NO. The molecule has 16 heavy (non-hydrogen) atoms. The minimum Gasteiger partial charge on any atom is -0.332 e. The quantitative estimate of drug-likeness (QED) is 0.710. The summed E-state index contributed by atoms with van der Waals surface area (Å²) < 4.78 is 0. The third kappa shape index (κ3) is 3.54. The number of nitrogens with zero attached hydrogens (tertiary/aromatic N) is 1. The van der Waals surface area contributed by atoms with Crippen LogP contribution < -0.4 is 0 Å². The Balaban J connectivity index is 2.77. The second kappa shape index (κ2) is 6.11. The fourth-order valence-electron chi connectivity index (χ4n) is 1.53. The van der Waals surface area contributed by atoms with Crippen LogP contribution in [0, 0.1) is 0 Å². The van der Waals surface area contributed by atoms with Crippen molar-refractivity contribution in [2.45, 2.75) is 33.4 Å². The first-order valence-corrected chi connectivity index (χ1v) is 5.62. The van der Waals surface area contributed by atoms with Crippen molar-refractivity contribution in [3.63, 3.8) is 0 Å². The molecule has 0 aliphatic carbocycles. The summed E-state index contributed by atoms with van der Waals surface area (Å²) in [6, 6.07) is 10.3. The van der Waals surface area contributed by atoms with E-state index < -0.39 is 0 Å². The standard InChI is InChI=1S/C14H19NO/c1-4-8-14(16)15(12(2)3)11-13-9-6-5-7-10-13/h4-10,12H,11H2,1-3H3. The van der Waals surface area contributed by atoms with Crippen molar-refractivity contribution >= 4 is 5.91 Å². The number of amides is 1. The lowest BCUT2D eigenvalue weighted by atomic mass is 10.2. The maximum Gasteiger partial charge on any atom is 0.246 e. The number of hydrogen-bond donors (Lipinski definition) is 0. The molecule has 1 aromatic rings. The van der Waals surface area contributed by atoms with E-state index in [4.69, 9.17) is 0 Å². The maximum absolute atomic E-state index is 11.8. The Bertz CT molecular complexity index is 354. The average molecular weight is 217 g/mol. The number of benzene rings is 1. The number of allylic oxidation sites excluding steroid dienone is 1. The normalized spacial score (nSPS) is 11.0. The van der Waals surface area contributed by atoms with Gasteiger partial charge in [0, 0.05) is 12.6 Å². The molecule has 1 rings (SSSR count). The van der Waals surface area contributed by atoms with Gasteiger partial charge in [-0.1, -0.05) is 36.4 Å². The average Bonchev–Trinajstić information content (AvgIpc) is 2.27. The maximum atomic E-state index is 11.8. The Morgan fingerprint density at radius 3 is 2.44 bits per heavy atom. The number of hydrogen-bond acceptors (Lipinski definition) is 1. The van der Waals surface area contributed by atoms with Gasteiger partial charge < -0.3 is 4.90 Å². The molecule has 0 aromatic heterocycles. The lowest BCUT2D eigenvalue weighted by Crippen LogP contribution is -2.35. The monoisotopic (exact) mass is 217 g/mol. The van der Waals surface area contributed by atoms with Gasteiger partial charge in [-0.15, -0.1) is 0 Å². The van der Waals surface area contributed by atoms with Crippen LogP contribution in [0.25, 0.3) is 0 Å². The number of carbonyl (C=O) groups excluding carboxylic acids is 1. The zero-order valence-electron chi connectivity index (χ0n) is 10.2. The molecule has 0 aliphatic rings. The summed E-state index contributed by atoms with van der Waals surface area (Å²) in [6.07, 6.45) is 3.39. The van der Waals surface area contributed by atoms with Gasteiger partial charge in [-0.05, 0) is 32.4 Å². The van der Waals surface area contributed by atoms with E-state index in [2.05, 4.69) is 0 Å². The molecular weight excluding hydrogens is 198 g/mol. The van der Waals surface area contributed by atoms with Crippen LogP contribution in [0.4, 0.5) is 0 Å². The highest BCUT2D eigenvalue weighted by Gasteiger charge is 2.14. The Labute approximate surface area is 97.6 Å². The molecule has 0 saturated heterocycles. The Morgan fingerprint density at radius 1 is 1.31 bits per heavy atom. The molecule has 1 amide bonds. The van der Waals surface area contributed by atoms with Crippen molar-refractivity contribution in [3.05, 3.63) is 48.0 Å². The van der Waals surface area contributed by atoms with E-state index in [0.29, 0.717) is 6.54 Å². The second-order valence-corrected chi connectivity index (χ2v) is 4.05. The first kappa shape index (κ1) is 12.5. The van der Waals surface area contributed by atoms with E-state index in [0.717, 1.165) is 5.56 Å². The smallest absolute Gasteiger partial charge is 0.246 e. The Morgan fingerprint density at radius 2 is 1.94 bits per heavy atom. The van der Waals surface area contributed by atoms with Crippen molar-refractivity contribution in [1.82, 2.24) is 4.90 Å². The predicted molar refractivity (Wildman–Crippen MR) is 66.9 cm³/mol. The van der Waals surface area contributed by atoms with Crippen molar-refractivity contribution in [2.24, 2.45) is 0 Å². The lowest BCUT2D eigenvalue weighted by molar-refractivity contribution is -0.128. The fraction of sp³-hybridized carbons (Fsp3) is 0.357. The molecule has 2 heteroatoms. The van der Waals surface area contributed by atoms with Gasteiger partial charge in [-0.25, -0.2) is 0 Å². The summed E-state index contributed by atoms with van der Waals surface area (Å²) in [4.78, 5) is 13.7. The van der Waals surface area contributed by atoms with Gasteiger partial charge in [0.2, 0.25) is 5.91 Å². The molecule has 0 spiro atoms. The molecule has 0 radical (unpaired) electrons. The van der Waals surface area contributed by atoms with Gasteiger partial charge in [0.1, 0.15) is 0 Å². The van der Waals surface area contributed by atoms with Crippen LogP contribution in [0.3, 0.4) is 0 Å². The highest BCUT2D eigenvalue weighted by Crippen LogP contribution is 2.08. The number of carbonyl (C=O) groups is 1. The second-order valence-electron chi connectivity index (χ2n) is 4.05. The topological polar surface area (TPSA) is 20.3 Å². The van der Waals surface area contributed by atoms with Crippen LogP contribution in [0.1, 0.15) is 26.3 Å². The van der Waals surface area contributed by atoms with E-state index in [1.54, 1.807) is 12.2 Å². The minimum absolute atomic E-state index is 0.0707. The van der Waals surface area contributed by atoms with Crippen LogP contribution in [0.15, 0.2) is 42.5 Å². The van der Waals surface area contributed by atoms with Crippen LogP contribution >= 0.6 is 0 Å². The van der Waals surface area contributed by atoms with E-state index in [9.17, 15) is 4.79 Å². The van der Waals surface area contributed by atoms with Crippen LogP contribution in [0.5, 0.6) is 0 Å². The Kier molecular flexibility index (Phi) is 4.77. The fourth-order valence-corrected chi connectivity index (χ4v) is 1.53. The first-order chi connectivity index (χ1) is 7.65. The largest absolute Gasteiger partial charge is 0.332 e. The molecule has 2 nitrogen and oxygen atoms in total. The summed E-state index contributed by atoms with van der Waals surface area (Å²) in [5, 5.41) is 0. The summed E-state index contributed by atoms with van der Waals surface area (Å²) in [5.74, 6) is 0.0707. The van der Waals surface area contributed by atoms with Gasteiger partial charge in [0.15, 0.2) is 0 Å². The molecule has 0 saturated carbocycles. The van der Waals surface area contributed by atoms with E-state index in [1.807, 2.05) is 56.0 Å². The third-order valence-electron chi connectivity index (χ3n) is 2.41. The first-order valence-electron chi connectivity index (χ1n) is 5.62.